The van der Waals surface area contributed by atoms with Crippen molar-refractivity contribution >= 4 is 0 Å². The molecule has 1 heterocycles. The molecule has 4 heteroatoms. The summed E-state index contributed by atoms with van der Waals surface area (Å²) in [5.74, 6) is 1.00. The van der Waals surface area contributed by atoms with E-state index in [9.17, 15) is 0 Å². The third kappa shape index (κ3) is 3.83. The van der Waals surface area contributed by atoms with Crippen LogP contribution in [0.2, 0.25) is 0 Å². The average molecular weight is 273 g/mol. The maximum absolute atomic E-state index is 5.81. The highest BCUT2D eigenvalue weighted by molar-refractivity contribution is 5.37. The van der Waals surface area contributed by atoms with Gasteiger partial charge in [0.05, 0.1) is 12.3 Å². The van der Waals surface area contributed by atoms with Crippen molar-refractivity contribution < 1.29 is 4.74 Å². The normalized spacial score (nSPS) is 10.8. The maximum atomic E-state index is 5.81. The van der Waals surface area contributed by atoms with Crippen LogP contribution in [0.4, 0.5) is 0 Å². The van der Waals surface area contributed by atoms with Gasteiger partial charge in [-0.25, -0.2) is 0 Å². The molecule has 0 N–H and O–H groups in total. The fourth-order valence-electron chi connectivity index (χ4n) is 2.13. The zero-order chi connectivity index (χ0) is 14.4. The summed E-state index contributed by atoms with van der Waals surface area (Å²) in [7, 11) is 0. The monoisotopic (exact) mass is 273 g/mol. The van der Waals surface area contributed by atoms with Crippen LogP contribution in [0.1, 0.15) is 37.1 Å². The van der Waals surface area contributed by atoms with E-state index in [4.69, 9.17) is 4.74 Å². The van der Waals surface area contributed by atoms with Gasteiger partial charge in [0, 0.05) is 12.7 Å². The summed E-state index contributed by atoms with van der Waals surface area (Å²) in [5.41, 5.74) is 3.56. The molecule has 0 radical (unpaired) electrons. The molecule has 4 nitrogen and oxygen atoms in total. The first-order valence-electron chi connectivity index (χ1n) is 7.34. The zero-order valence-corrected chi connectivity index (χ0v) is 12.6. The Hall–Kier alpha value is -1.84. The topological polar surface area (TPSA) is 39.9 Å². The molecule has 108 valence electrons. The first-order valence-corrected chi connectivity index (χ1v) is 7.34. The Morgan fingerprint density at radius 1 is 1.20 bits per heavy atom. The van der Waals surface area contributed by atoms with Gasteiger partial charge in [-0.3, -0.25) is 4.68 Å². The number of aryl methyl sites for hydroxylation is 4. The summed E-state index contributed by atoms with van der Waals surface area (Å²) in [6.45, 7) is 7.93. The van der Waals surface area contributed by atoms with Gasteiger partial charge in [0.1, 0.15) is 5.75 Å². The Morgan fingerprint density at radius 3 is 2.75 bits per heavy atom. The number of nitrogens with zero attached hydrogens (tertiary/aromatic N) is 3. The fraction of sp³-hybridized carbons (Fsp3) is 0.500. The van der Waals surface area contributed by atoms with E-state index in [-0.39, 0.29) is 0 Å². The lowest BCUT2D eigenvalue weighted by atomic mass is 10.0. The minimum Gasteiger partial charge on any atom is -0.493 e. The van der Waals surface area contributed by atoms with Crippen LogP contribution < -0.4 is 4.74 Å². The molecule has 0 bridgehead atoms. The number of ether oxygens (including phenoxy) is 1. The molecule has 0 fully saturated rings. The van der Waals surface area contributed by atoms with Crippen molar-refractivity contribution in [3.05, 3.63) is 41.2 Å². The first-order chi connectivity index (χ1) is 9.72. The molecule has 0 unspecified atom stereocenters. The van der Waals surface area contributed by atoms with Gasteiger partial charge >= 0.3 is 0 Å². The van der Waals surface area contributed by atoms with Crippen LogP contribution in [0.25, 0.3) is 0 Å². The highest BCUT2D eigenvalue weighted by Gasteiger charge is 2.06. The van der Waals surface area contributed by atoms with Crippen LogP contribution in [0.3, 0.4) is 0 Å². The molecule has 1 aromatic heterocycles. The van der Waals surface area contributed by atoms with E-state index < -0.39 is 0 Å². The minimum atomic E-state index is 0.766. The number of benzene rings is 1. The third-order valence-corrected chi connectivity index (χ3v) is 3.24. The van der Waals surface area contributed by atoms with Crippen LogP contribution >= 0.6 is 0 Å². The SMILES string of the molecule is CCCOc1ccc(C)cc1CCc1cn(CC)nn1. The molecule has 0 spiro atoms. The molecular weight excluding hydrogens is 250 g/mol. The van der Waals surface area contributed by atoms with E-state index in [0.29, 0.717) is 0 Å². The van der Waals surface area contributed by atoms with Gasteiger partial charge in [-0.1, -0.05) is 29.8 Å². The van der Waals surface area contributed by atoms with Crippen LogP contribution in [-0.2, 0) is 19.4 Å². The molecule has 0 saturated carbocycles. The van der Waals surface area contributed by atoms with E-state index in [0.717, 1.165) is 43.9 Å². The molecule has 0 amide bonds. The van der Waals surface area contributed by atoms with Gasteiger partial charge in [-0.05, 0) is 44.7 Å². The fourth-order valence-corrected chi connectivity index (χ4v) is 2.13. The Balaban J connectivity index is 2.05. The average Bonchev–Trinajstić information content (AvgIpc) is 2.92. The van der Waals surface area contributed by atoms with E-state index in [1.807, 2.05) is 10.9 Å². The van der Waals surface area contributed by atoms with Gasteiger partial charge in [0.2, 0.25) is 0 Å². The molecule has 0 saturated heterocycles. The van der Waals surface area contributed by atoms with Crippen molar-refractivity contribution in [2.45, 2.75) is 46.6 Å². The number of aromatic nitrogens is 3. The molecule has 20 heavy (non-hydrogen) atoms. The van der Waals surface area contributed by atoms with E-state index in [2.05, 4.69) is 49.3 Å². The van der Waals surface area contributed by atoms with E-state index in [1.54, 1.807) is 0 Å². The van der Waals surface area contributed by atoms with E-state index >= 15 is 0 Å². The molecule has 0 aliphatic heterocycles. The quantitative estimate of drug-likeness (QED) is 0.778. The molecule has 2 aromatic rings. The second-order valence-corrected chi connectivity index (χ2v) is 5.03. The van der Waals surface area contributed by atoms with Crippen LogP contribution in [0.5, 0.6) is 5.75 Å². The predicted molar refractivity (Wildman–Crippen MR) is 80.1 cm³/mol. The highest BCUT2D eigenvalue weighted by Crippen LogP contribution is 2.22. The largest absolute Gasteiger partial charge is 0.493 e. The van der Waals surface area contributed by atoms with Crippen molar-refractivity contribution in [2.75, 3.05) is 6.61 Å². The molecule has 0 aliphatic carbocycles. The van der Waals surface area contributed by atoms with Gasteiger partial charge < -0.3 is 4.74 Å². The minimum absolute atomic E-state index is 0.766. The molecule has 0 aliphatic rings. The Labute approximate surface area is 120 Å². The van der Waals surface area contributed by atoms with Crippen LogP contribution in [0, 0.1) is 6.92 Å². The van der Waals surface area contributed by atoms with Gasteiger partial charge in [0.15, 0.2) is 0 Å². The molecule has 0 atom stereocenters. The lowest BCUT2D eigenvalue weighted by Crippen LogP contribution is -2.01. The Bertz CT molecular complexity index is 548. The molecule has 2 rings (SSSR count). The van der Waals surface area contributed by atoms with Crippen molar-refractivity contribution in [3.63, 3.8) is 0 Å². The van der Waals surface area contributed by atoms with E-state index in [1.165, 1.54) is 11.1 Å². The van der Waals surface area contributed by atoms with Crippen molar-refractivity contribution in [1.82, 2.24) is 15.0 Å². The van der Waals surface area contributed by atoms with Crippen LogP contribution in [-0.4, -0.2) is 21.6 Å². The summed E-state index contributed by atoms with van der Waals surface area (Å²) in [6, 6.07) is 6.38. The summed E-state index contributed by atoms with van der Waals surface area (Å²) >= 11 is 0. The highest BCUT2D eigenvalue weighted by atomic mass is 16.5. The second kappa shape index (κ2) is 7.08. The van der Waals surface area contributed by atoms with Crippen molar-refractivity contribution in [2.24, 2.45) is 0 Å². The van der Waals surface area contributed by atoms with Crippen molar-refractivity contribution in [3.8, 4) is 5.75 Å². The number of rotatable bonds is 7. The zero-order valence-electron chi connectivity index (χ0n) is 12.6. The lowest BCUT2D eigenvalue weighted by Gasteiger charge is -2.11. The summed E-state index contributed by atoms with van der Waals surface area (Å²) in [4.78, 5) is 0. The Kier molecular flexibility index (Phi) is 5.16. The number of hydrogen-bond donors (Lipinski definition) is 0. The van der Waals surface area contributed by atoms with Gasteiger partial charge in [-0.15, -0.1) is 5.10 Å². The summed E-state index contributed by atoms with van der Waals surface area (Å²) in [6.07, 6.45) is 4.87. The van der Waals surface area contributed by atoms with Crippen molar-refractivity contribution in [1.29, 1.82) is 0 Å². The summed E-state index contributed by atoms with van der Waals surface area (Å²) < 4.78 is 7.68. The predicted octanol–water partition coefficient (Wildman–Crippen LogP) is 3.18. The lowest BCUT2D eigenvalue weighted by molar-refractivity contribution is 0.314. The Morgan fingerprint density at radius 2 is 2.05 bits per heavy atom. The van der Waals surface area contributed by atoms with Crippen LogP contribution in [0.15, 0.2) is 24.4 Å². The maximum Gasteiger partial charge on any atom is 0.122 e. The first kappa shape index (κ1) is 14.6. The molecule has 1 aromatic carbocycles. The van der Waals surface area contributed by atoms with Gasteiger partial charge in [0.25, 0.3) is 0 Å². The number of hydrogen-bond acceptors (Lipinski definition) is 3. The molecular formula is C16H23N3O. The third-order valence-electron chi connectivity index (χ3n) is 3.24. The smallest absolute Gasteiger partial charge is 0.122 e. The standard InChI is InChI=1S/C16H23N3O/c1-4-10-20-16-9-6-13(3)11-14(16)7-8-15-12-19(5-2)18-17-15/h6,9,11-12H,4-5,7-8,10H2,1-3H3. The second-order valence-electron chi connectivity index (χ2n) is 5.03. The summed E-state index contributed by atoms with van der Waals surface area (Å²) in [5, 5.41) is 8.26. The van der Waals surface area contributed by atoms with Gasteiger partial charge in [-0.2, -0.15) is 0 Å².